The van der Waals surface area contributed by atoms with Crippen LogP contribution in [-0.2, 0) is 0 Å². The first-order chi connectivity index (χ1) is 10.7. The van der Waals surface area contributed by atoms with Gasteiger partial charge in [-0.05, 0) is 35.8 Å². The minimum absolute atomic E-state index is 1.01. The van der Waals surface area contributed by atoms with Crippen molar-refractivity contribution < 1.29 is 0 Å². The number of thiol groups is 1. The van der Waals surface area contributed by atoms with Crippen LogP contribution in [0.2, 0.25) is 0 Å². The summed E-state index contributed by atoms with van der Waals surface area (Å²) in [5.41, 5.74) is 1.32. The Morgan fingerprint density at radius 2 is 1.55 bits per heavy atom. The molecule has 1 aliphatic rings. The van der Waals surface area contributed by atoms with Crippen LogP contribution in [0.1, 0.15) is 57.9 Å². The fourth-order valence-electron chi connectivity index (χ4n) is 2.62. The van der Waals surface area contributed by atoms with Gasteiger partial charge in [-0.1, -0.05) is 94.0 Å². The molecule has 0 aliphatic heterocycles. The molecule has 1 heteroatoms. The molecule has 3 rings (SSSR count). The fourth-order valence-corrected chi connectivity index (χ4v) is 2.62. The van der Waals surface area contributed by atoms with E-state index in [0.717, 1.165) is 11.7 Å². The van der Waals surface area contributed by atoms with Crippen molar-refractivity contribution in [2.75, 3.05) is 5.75 Å². The molecule has 0 radical (unpaired) electrons. The van der Waals surface area contributed by atoms with Crippen LogP contribution in [0.4, 0.5) is 0 Å². The van der Waals surface area contributed by atoms with Crippen LogP contribution in [0, 0.1) is 12.8 Å². The summed E-state index contributed by atoms with van der Waals surface area (Å²) in [6, 6.07) is 14.9. The van der Waals surface area contributed by atoms with E-state index in [1.54, 1.807) is 0 Å². The molecule has 0 nitrogen and oxygen atoms in total. The summed E-state index contributed by atoms with van der Waals surface area (Å²) in [5, 5.41) is 2.64. The van der Waals surface area contributed by atoms with Gasteiger partial charge in [0, 0.05) is 0 Å². The van der Waals surface area contributed by atoms with Crippen LogP contribution in [0.25, 0.3) is 10.8 Å². The molecular weight excluding hydrogens is 284 g/mol. The SMILES string of the molecule is CC1CCCCC1.CCCS.Cc1ccc2ccccc2c1. The predicted molar refractivity (Wildman–Crippen MR) is 105 cm³/mol. The lowest BCUT2D eigenvalue weighted by Gasteiger charge is -2.15. The second kappa shape index (κ2) is 11.6. The van der Waals surface area contributed by atoms with E-state index < -0.39 is 0 Å². The lowest BCUT2D eigenvalue weighted by Crippen LogP contribution is -1.99. The Morgan fingerprint density at radius 1 is 0.955 bits per heavy atom. The third-order valence-electron chi connectivity index (χ3n) is 4.02. The Kier molecular flexibility index (Phi) is 10.1. The molecule has 0 saturated heterocycles. The van der Waals surface area contributed by atoms with Gasteiger partial charge in [-0.2, -0.15) is 12.6 Å². The van der Waals surface area contributed by atoms with E-state index in [9.17, 15) is 0 Å². The number of aryl methyl sites for hydroxylation is 1. The summed E-state index contributed by atoms with van der Waals surface area (Å²) in [5.74, 6) is 2.05. The molecule has 0 spiro atoms. The molecule has 0 N–H and O–H groups in total. The van der Waals surface area contributed by atoms with Crippen LogP contribution >= 0.6 is 12.6 Å². The number of hydrogen-bond acceptors (Lipinski definition) is 1. The zero-order chi connectivity index (χ0) is 16.2. The Balaban J connectivity index is 0.000000190. The number of hydrogen-bond donors (Lipinski definition) is 1. The van der Waals surface area contributed by atoms with Crippen LogP contribution in [-0.4, -0.2) is 5.75 Å². The van der Waals surface area contributed by atoms with Gasteiger partial charge in [0.1, 0.15) is 0 Å². The molecule has 0 atom stereocenters. The molecule has 2 aromatic carbocycles. The Bertz CT molecular complexity index is 510. The van der Waals surface area contributed by atoms with Crippen molar-refractivity contribution in [2.24, 2.45) is 5.92 Å². The van der Waals surface area contributed by atoms with E-state index in [1.807, 2.05) is 0 Å². The molecule has 0 heterocycles. The first kappa shape index (κ1) is 19.1. The van der Waals surface area contributed by atoms with Crippen molar-refractivity contribution in [3.63, 3.8) is 0 Å². The smallest absolute Gasteiger partial charge is 0.0101 e. The van der Waals surface area contributed by atoms with E-state index >= 15 is 0 Å². The summed E-state index contributed by atoms with van der Waals surface area (Å²) in [6.45, 7) is 6.58. The molecule has 0 unspecified atom stereocenters. The Morgan fingerprint density at radius 3 is 2.05 bits per heavy atom. The highest BCUT2D eigenvalue weighted by Gasteiger charge is 2.05. The summed E-state index contributed by atoms with van der Waals surface area (Å²) in [4.78, 5) is 0. The normalized spacial score (nSPS) is 14.5. The molecule has 1 saturated carbocycles. The fraction of sp³-hybridized carbons (Fsp3) is 0.524. The number of rotatable bonds is 1. The van der Waals surface area contributed by atoms with Crippen molar-refractivity contribution in [2.45, 2.75) is 59.3 Å². The molecule has 122 valence electrons. The largest absolute Gasteiger partial charge is 0.179 e. The lowest BCUT2D eigenvalue weighted by molar-refractivity contribution is 0.385. The van der Waals surface area contributed by atoms with E-state index in [2.05, 4.69) is 75.9 Å². The molecule has 2 aromatic rings. The van der Waals surface area contributed by atoms with Gasteiger partial charge in [0.15, 0.2) is 0 Å². The standard InChI is InChI=1S/C11H10.C7H14.C3H8S/c1-9-6-7-10-4-2-3-5-11(10)8-9;1-7-5-3-2-4-6-7;1-2-3-4/h2-8H,1H3;7H,2-6H2,1H3;4H,2-3H2,1H3. The lowest BCUT2D eigenvalue weighted by atomic mass is 9.91. The van der Waals surface area contributed by atoms with Crippen LogP contribution in [0.15, 0.2) is 42.5 Å². The van der Waals surface area contributed by atoms with E-state index in [-0.39, 0.29) is 0 Å². The molecule has 0 bridgehead atoms. The molecule has 0 amide bonds. The van der Waals surface area contributed by atoms with Crippen molar-refractivity contribution in [3.8, 4) is 0 Å². The van der Waals surface area contributed by atoms with Crippen molar-refractivity contribution >= 4 is 23.4 Å². The van der Waals surface area contributed by atoms with Crippen LogP contribution in [0.3, 0.4) is 0 Å². The topological polar surface area (TPSA) is 0 Å². The van der Waals surface area contributed by atoms with Crippen molar-refractivity contribution in [1.29, 1.82) is 0 Å². The highest BCUT2D eigenvalue weighted by atomic mass is 32.1. The average molecular weight is 317 g/mol. The maximum absolute atomic E-state index is 3.92. The van der Waals surface area contributed by atoms with Gasteiger partial charge in [0.25, 0.3) is 0 Å². The van der Waals surface area contributed by atoms with Gasteiger partial charge < -0.3 is 0 Å². The Hall–Kier alpha value is -0.950. The van der Waals surface area contributed by atoms with Crippen LogP contribution < -0.4 is 0 Å². The van der Waals surface area contributed by atoms with E-state index in [4.69, 9.17) is 0 Å². The maximum atomic E-state index is 3.92. The summed E-state index contributed by atoms with van der Waals surface area (Å²) >= 11 is 3.92. The minimum atomic E-state index is 1.01. The van der Waals surface area contributed by atoms with E-state index in [0.29, 0.717) is 0 Å². The Labute approximate surface area is 142 Å². The maximum Gasteiger partial charge on any atom is -0.0101 e. The number of benzene rings is 2. The van der Waals surface area contributed by atoms with Gasteiger partial charge in [0.05, 0.1) is 0 Å². The van der Waals surface area contributed by atoms with Crippen LogP contribution in [0.5, 0.6) is 0 Å². The third-order valence-corrected chi connectivity index (χ3v) is 4.47. The zero-order valence-corrected chi connectivity index (χ0v) is 15.4. The van der Waals surface area contributed by atoms with Crippen molar-refractivity contribution in [3.05, 3.63) is 48.0 Å². The first-order valence-electron chi connectivity index (χ1n) is 8.73. The second-order valence-electron chi connectivity index (χ2n) is 6.32. The highest BCUT2D eigenvalue weighted by Crippen LogP contribution is 2.22. The van der Waals surface area contributed by atoms with Gasteiger partial charge in [-0.25, -0.2) is 0 Å². The van der Waals surface area contributed by atoms with E-state index in [1.165, 1.54) is 54.9 Å². The first-order valence-corrected chi connectivity index (χ1v) is 9.37. The summed E-state index contributed by atoms with van der Waals surface area (Å²) in [6.07, 6.45) is 8.62. The quantitative estimate of drug-likeness (QED) is 0.535. The van der Waals surface area contributed by atoms with Gasteiger partial charge in [0.2, 0.25) is 0 Å². The minimum Gasteiger partial charge on any atom is -0.179 e. The molecule has 22 heavy (non-hydrogen) atoms. The molecular formula is C21H32S. The second-order valence-corrected chi connectivity index (χ2v) is 6.76. The molecule has 1 aliphatic carbocycles. The summed E-state index contributed by atoms with van der Waals surface area (Å²) < 4.78 is 0. The summed E-state index contributed by atoms with van der Waals surface area (Å²) in [7, 11) is 0. The van der Waals surface area contributed by atoms with Gasteiger partial charge >= 0.3 is 0 Å². The number of fused-ring (bicyclic) bond motifs is 1. The highest BCUT2D eigenvalue weighted by molar-refractivity contribution is 7.80. The van der Waals surface area contributed by atoms with Gasteiger partial charge in [-0.15, -0.1) is 0 Å². The third kappa shape index (κ3) is 7.89. The molecule has 0 aromatic heterocycles. The monoisotopic (exact) mass is 316 g/mol. The van der Waals surface area contributed by atoms with Gasteiger partial charge in [-0.3, -0.25) is 0 Å². The predicted octanol–water partition coefficient (Wildman–Crippen LogP) is 7.06. The average Bonchev–Trinajstić information content (AvgIpc) is 2.56. The van der Waals surface area contributed by atoms with Crippen molar-refractivity contribution in [1.82, 2.24) is 0 Å². The zero-order valence-electron chi connectivity index (χ0n) is 14.5. The molecule has 1 fully saturated rings.